The zero-order valence-corrected chi connectivity index (χ0v) is 6.90. The summed E-state index contributed by atoms with van der Waals surface area (Å²) in [5.74, 6) is 0. The summed E-state index contributed by atoms with van der Waals surface area (Å²) in [5, 5.41) is 0. The van der Waals surface area contributed by atoms with Crippen LogP contribution < -0.4 is 0 Å². The molecular formula is C11H11N. The summed E-state index contributed by atoms with van der Waals surface area (Å²) in [6.45, 7) is 7.44. The van der Waals surface area contributed by atoms with Crippen LogP contribution in [0.2, 0.25) is 0 Å². The molecule has 0 aliphatic rings. The summed E-state index contributed by atoms with van der Waals surface area (Å²) < 4.78 is 0. The molecule has 0 aliphatic carbocycles. The van der Waals surface area contributed by atoms with Gasteiger partial charge in [0.05, 0.1) is 5.69 Å². The molecule has 12 heavy (non-hydrogen) atoms. The molecule has 1 heterocycles. The zero-order valence-electron chi connectivity index (χ0n) is 6.90. The first-order valence-electron chi connectivity index (χ1n) is 3.74. The second-order valence-corrected chi connectivity index (χ2v) is 2.34. The molecule has 1 aromatic rings. The lowest BCUT2D eigenvalue weighted by Crippen LogP contribution is -1.82. The van der Waals surface area contributed by atoms with Crippen LogP contribution in [0.4, 0.5) is 0 Å². The normalized spacial score (nSPS) is 10.0. The Hall–Kier alpha value is -1.63. The van der Waals surface area contributed by atoms with Gasteiger partial charge in [0, 0.05) is 6.20 Å². The van der Waals surface area contributed by atoms with Crippen molar-refractivity contribution in [2.24, 2.45) is 0 Å². The van der Waals surface area contributed by atoms with Gasteiger partial charge in [-0.25, -0.2) is 0 Å². The highest BCUT2D eigenvalue weighted by molar-refractivity contribution is 5.69. The lowest BCUT2D eigenvalue weighted by atomic mass is 10.2. The van der Waals surface area contributed by atoms with Crippen molar-refractivity contribution in [1.82, 2.24) is 4.98 Å². The summed E-state index contributed by atoms with van der Waals surface area (Å²) in [4.78, 5) is 4.15. The highest BCUT2D eigenvalue weighted by Gasteiger charge is 1.92. The Bertz CT molecular complexity index is 296. The number of hydrogen-bond acceptors (Lipinski definition) is 1. The van der Waals surface area contributed by atoms with E-state index in [0.29, 0.717) is 0 Å². The largest absolute Gasteiger partial charge is 0.256 e. The van der Waals surface area contributed by atoms with Crippen LogP contribution in [0.15, 0.2) is 55.8 Å². The lowest BCUT2D eigenvalue weighted by Gasteiger charge is -1.96. The Morgan fingerprint density at radius 2 is 2.25 bits per heavy atom. The van der Waals surface area contributed by atoms with Crippen LogP contribution in [0.25, 0.3) is 5.57 Å². The van der Waals surface area contributed by atoms with Gasteiger partial charge in [-0.2, -0.15) is 0 Å². The smallest absolute Gasteiger partial charge is 0.0695 e. The second-order valence-electron chi connectivity index (χ2n) is 2.34. The minimum Gasteiger partial charge on any atom is -0.256 e. The molecule has 0 unspecified atom stereocenters. The number of nitrogens with zero attached hydrogens (tertiary/aromatic N) is 1. The van der Waals surface area contributed by atoms with Crippen LogP contribution in [0.3, 0.4) is 0 Å². The van der Waals surface area contributed by atoms with Gasteiger partial charge >= 0.3 is 0 Å². The molecule has 1 nitrogen and oxygen atoms in total. The van der Waals surface area contributed by atoms with Crippen molar-refractivity contribution in [2.45, 2.75) is 0 Å². The van der Waals surface area contributed by atoms with Crippen LogP contribution in [0.5, 0.6) is 0 Å². The number of aromatic nitrogens is 1. The van der Waals surface area contributed by atoms with Gasteiger partial charge in [0.2, 0.25) is 0 Å². The first-order valence-corrected chi connectivity index (χ1v) is 3.74. The van der Waals surface area contributed by atoms with E-state index in [2.05, 4.69) is 18.1 Å². The van der Waals surface area contributed by atoms with Gasteiger partial charge in [0.1, 0.15) is 0 Å². The highest BCUT2D eigenvalue weighted by atomic mass is 14.7. The molecule has 1 aromatic heterocycles. The Morgan fingerprint density at radius 3 is 2.83 bits per heavy atom. The summed E-state index contributed by atoms with van der Waals surface area (Å²) >= 11 is 0. The quantitative estimate of drug-likeness (QED) is 0.615. The molecule has 0 amide bonds. The average molecular weight is 157 g/mol. The van der Waals surface area contributed by atoms with Gasteiger partial charge in [0.25, 0.3) is 0 Å². The van der Waals surface area contributed by atoms with Crippen molar-refractivity contribution in [3.8, 4) is 0 Å². The van der Waals surface area contributed by atoms with E-state index in [9.17, 15) is 0 Å². The summed E-state index contributed by atoms with van der Waals surface area (Å²) in [5.41, 5.74) is 1.80. The van der Waals surface area contributed by atoms with Crippen molar-refractivity contribution >= 4 is 5.57 Å². The molecule has 0 N–H and O–H groups in total. The van der Waals surface area contributed by atoms with E-state index in [1.165, 1.54) is 0 Å². The zero-order chi connectivity index (χ0) is 8.81. The standard InChI is InChI=1S/C11H11N/c1-3-4-7-10(2)11-8-5-6-9-12-11/h3-9H,1-2H2/b7-4-. The lowest BCUT2D eigenvalue weighted by molar-refractivity contribution is 1.28. The van der Waals surface area contributed by atoms with Crippen molar-refractivity contribution in [3.63, 3.8) is 0 Å². The van der Waals surface area contributed by atoms with Gasteiger partial charge in [-0.15, -0.1) is 0 Å². The van der Waals surface area contributed by atoms with Crippen molar-refractivity contribution in [2.75, 3.05) is 0 Å². The third kappa shape index (κ3) is 2.20. The van der Waals surface area contributed by atoms with Crippen molar-refractivity contribution < 1.29 is 0 Å². The highest BCUT2D eigenvalue weighted by Crippen LogP contribution is 2.08. The van der Waals surface area contributed by atoms with E-state index < -0.39 is 0 Å². The number of hydrogen-bond donors (Lipinski definition) is 0. The van der Waals surface area contributed by atoms with Gasteiger partial charge in [-0.1, -0.05) is 37.5 Å². The maximum absolute atomic E-state index is 4.15. The van der Waals surface area contributed by atoms with Gasteiger partial charge in [-0.05, 0) is 17.7 Å². The number of rotatable bonds is 3. The number of pyridine rings is 1. The summed E-state index contributed by atoms with van der Waals surface area (Å²) in [7, 11) is 0. The molecular weight excluding hydrogens is 146 g/mol. The maximum atomic E-state index is 4.15. The minimum absolute atomic E-state index is 0.899. The monoisotopic (exact) mass is 157 g/mol. The fourth-order valence-corrected chi connectivity index (χ4v) is 0.822. The fourth-order valence-electron chi connectivity index (χ4n) is 0.822. The van der Waals surface area contributed by atoms with Gasteiger partial charge in [0.15, 0.2) is 0 Å². The fraction of sp³-hybridized carbons (Fsp3) is 0. The molecule has 0 saturated heterocycles. The molecule has 0 aliphatic heterocycles. The first kappa shape index (κ1) is 8.47. The predicted molar refractivity (Wildman–Crippen MR) is 52.6 cm³/mol. The molecule has 0 spiro atoms. The van der Waals surface area contributed by atoms with E-state index in [1.807, 2.05) is 30.4 Å². The summed E-state index contributed by atoms with van der Waals surface area (Å²) in [6, 6.07) is 5.75. The Labute approximate surface area is 72.8 Å². The molecule has 60 valence electrons. The van der Waals surface area contributed by atoms with Crippen LogP contribution in [-0.4, -0.2) is 4.98 Å². The Balaban J connectivity index is 2.79. The molecule has 0 saturated carbocycles. The van der Waals surface area contributed by atoms with E-state index in [1.54, 1.807) is 12.3 Å². The number of allylic oxidation sites excluding steroid dienone is 4. The van der Waals surface area contributed by atoms with Crippen LogP contribution in [-0.2, 0) is 0 Å². The van der Waals surface area contributed by atoms with Crippen molar-refractivity contribution in [1.29, 1.82) is 0 Å². The van der Waals surface area contributed by atoms with Crippen LogP contribution >= 0.6 is 0 Å². The average Bonchev–Trinajstić information content (AvgIpc) is 2.15. The van der Waals surface area contributed by atoms with Crippen LogP contribution in [0, 0.1) is 0 Å². The second kappa shape index (κ2) is 4.29. The van der Waals surface area contributed by atoms with Crippen LogP contribution in [0.1, 0.15) is 5.69 Å². The topological polar surface area (TPSA) is 12.9 Å². The SMILES string of the molecule is C=C/C=C\C(=C)c1ccccn1. The molecule has 0 bridgehead atoms. The predicted octanol–water partition coefficient (Wildman–Crippen LogP) is 2.84. The van der Waals surface area contributed by atoms with E-state index in [-0.39, 0.29) is 0 Å². The van der Waals surface area contributed by atoms with E-state index >= 15 is 0 Å². The molecule has 1 heteroatoms. The molecule has 0 aromatic carbocycles. The third-order valence-electron chi connectivity index (χ3n) is 1.43. The third-order valence-corrected chi connectivity index (χ3v) is 1.43. The van der Waals surface area contributed by atoms with Gasteiger partial charge in [-0.3, -0.25) is 4.98 Å². The van der Waals surface area contributed by atoms with Crippen molar-refractivity contribution in [3.05, 3.63) is 61.5 Å². The first-order chi connectivity index (χ1) is 5.84. The van der Waals surface area contributed by atoms with Gasteiger partial charge < -0.3 is 0 Å². The Kier molecular flexibility index (Phi) is 3.03. The molecule has 0 radical (unpaired) electrons. The Morgan fingerprint density at radius 1 is 1.42 bits per heavy atom. The summed E-state index contributed by atoms with van der Waals surface area (Å²) in [6.07, 6.45) is 7.20. The molecule has 0 fully saturated rings. The molecule has 1 rings (SSSR count). The minimum atomic E-state index is 0.899. The maximum Gasteiger partial charge on any atom is 0.0695 e. The van der Waals surface area contributed by atoms with E-state index in [0.717, 1.165) is 11.3 Å². The molecule has 0 atom stereocenters. The van der Waals surface area contributed by atoms with E-state index in [4.69, 9.17) is 0 Å².